The first-order valence-corrected chi connectivity index (χ1v) is 11.2. The van der Waals surface area contributed by atoms with Crippen LogP contribution in [0.2, 0.25) is 0 Å². The highest BCUT2D eigenvalue weighted by molar-refractivity contribution is 7.12. The summed E-state index contributed by atoms with van der Waals surface area (Å²) >= 11 is 1.27. The van der Waals surface area contributed by atoms with Gasteiger partial charge in [-0.3, -0.25) is 14.5 Å². The lowest BCUT2D eigenvalue weighted by Crippen LogP contribution is -2.31. The van der Waals surface area contributed by atoms with E-state index in [2.05, 4.69) is 0 Å². The van der Waals surface area contributed by atoms with Crippen LogP contribution < -0.4 is 14.4 Å². The second kappa shape index (κ2) is 9.28. The number of anilines is 1. The van der Waals surface area contributed by atoms with E-state index in [4.69, 9.17) is 9.47 Å². The molecule has 0 spiro atoms. The van der Waals surface area contributed by atoms with E-state index in [1.165, 1.54) is 16.2 Å². The van der Waals surface area contributed by atoms with Crippen molar-refractivity contribution in [3.63, 3.8) is 0 Å². The van der Waals surface area contributed by atoms with Gasteiger partial charge in [0.25, 0.3) is 5.91 Å². The zero-order valence-electron chi connectivity index (χ0n) is 17.8. The van der Waals surface area contributed by atoms with Crippen molar-refractivity contribution in [2.75, 3.05) is 18.1 Å². The Bertz CT molecular complexity index is 1150. The fourth-order valence-corrected chi connectivity index (χ4v) is 4.46. The molecule has 1 aliphatic rings. The van der Waals surface area contributed by atoms with Crippen LogP contribution in [0.3, 0.4) is 0 Å². The van der Waals surface area contributed by atoms with E-state index in [-0.39, 0.29) is 11.4 Å². The Labute approximate surface area is 190 Å². The maximum atomic E-state index is 13.3. The number of hydrogen-bond acceptors (Lipinski definition) is 6. The Morgan fingerprint density at radius 2 is 1.72 bits per heavy atom. The number of nitrogens with zero attached hydrogens (tertiary/aromatic N) is 1. The summed E-state index contributed by atoms with van der Waals surface area (Å²) in [6.07, 6.45) is 0. The predicted octanol–water partition coefficient (Wildman–Crippen LogP) is 5.33. The summed E-state index contributed by atoms with van der Waals surface area (Å²) in [6.45, 7) is 4.63. The number of thiophene rings is 1. The van der Waals surface area contributed by atoms with Gasteiger partial charge in [-0.05, 0) is 43.0 Å². The minimum Gasteiger partial charge on any atom is -0.503 e. The van der Waals surface area contributed by atoms with Crippen LogP contribution in [0.4, 0.5) is 5.69 Å². The zero-order valence-corrected chi connectivity index (χ0v) is 18.6. The summed E-state index contributed by atoms with van der Waals surface area (Å²) in [7, 11) is 0. The first kappa shape index (κ1) is 21.6. The van der Waals surface area contributed by atoms with Crippen molar-refractivity contribution >= 4 is 28.7 Å². The molecule has 6 nitrogen and oxygen atoms in total. The van der Waals surface area contributed by atoms with Gasteiger partial charge in [-0.25, -0.2) is 0 Å². The van der Waals surface area contributed by atoms with Gasteiger partial charge >= 0.3 is 0 Å². The Kier molecular flexibility index (Phi) is 6.28. The van der Waals surface area contributed by atoms with E-state index in [9.17, 15) is 14.7 Å². The smallest absolute Gasteiger partial charge is 0.294 e. The molecule has 1 aromatic heterocycles. The van der Waals surface area contributed by atoms with E-state index in [0.717, 1.165) is 5.56 Å². The van der Waals surface area contributed by atoms with Crippen molar-refractivity contribution in [2.24, 2.45) is 0 Å². The molecule has 1 N–H and O–H groups in total. The fraction of sp³-hybridized carbons (Fsp3) is 0.200. The minimum absolute atomic E-state index is 0.0653. The van der Waals surface area contributed by atoms with Crippen molar-refractivity contribution in [1.82, 2.24) is 0 Å². The van der Waals surface area contributed by atoms with Crippen molar-refractivity contribution in [3.05, 3.63) is 87.8 Å². The van der Waals surface area contributed by atoms with Gasteiger partial charge in [0, 0.05) is 11.8 Å². The largest absolute Gasteiger partial charge is 0.503 e. The highest BCUT2D eigenvalue weighted by Crippen LogP contribution is 2.44. The van der Waals surface area contributed by atoms with Crippen LogP contribution in [0, 0.1) is 0 Å². The van der Waals surface area contributed by atoms with Gasteiger partial charge in [-0.1, -0.05) is 36.4 Å². The highest BCUT2D eigenvalue weighted by Gasteiger charge is 2.45. The second-order valence-corrected chi connectivity index (χ2v) is 8.00. The fourth-order valence-electron chi connectivity index (χ4n) is 3.78. The summed E-state index contributed by atoms with van der Waals surface area (Å²) in [5.41, 5.74) is 1.28. The molecule has 0 radical (unpaired) electrons. The molecule has 2 aromatic carbocycles. The molecule has 164 valence electrons. The van der Waals surface area contributed by atoms with E-state index < -0.39 is 17.7 Å². The van der Waals surface area contributed by atoms with Gasteiger partial charge in [0.1, 0.15) is 0 Å². The second-order valence-electron chi connectivity index (χ2n) is 7.05. The molecule has 1 atom stereocenters. The minimum atomic E-state index is -0.772. The van der Waals surface area contributed by atoms with Crippen LogP contribution >= 0.6 is 11.3 Å². The molecule has 3 aromatic rings. The first-order chi connectivity index (χ1) is 15.6. The Morgan fingerprint density at radius 1 is 1.00 bits per heavy atom. The molecule has 1 amide bonds. The maximum absolute atomic E-state index is 13.3. The number of carbonyl (C=O) groups is 2. The molecule has 1 aliphatic heterocycles. The quantitative estimate of drug-likeness (QED) is 0.471. The number of hydrogen-bond donors (Lipinski definition) is 1. The third kappa shape index (κ3) is 3.87. The summed E-state index contributed by atoms with van der Waals surface area (Å²) in [6, 6.07) is 17.1. The van der Waals surface area contributed by atoms with Crippen LogP contribution in [0.25, 0.3) is 0 Å². The molecular formula is C25H23NO5S. The number of benzene rings is 2. The van der Waals surface area contributed by atoms with Crippen molar-refractivity contribution in [1.29, 1.82) is 0 Å². The van der Waals surface area contributed by atoms with Gasteiger partial charge in [-0.15, -0.1) is 11.3 Å². The number of carbonyl (C=O) groups excluding carboxylic acids is 2. The molecule has 32 heavy (non-hydrogen) atoms. The van der Waals surface area contributed by atoms with Crippen LogP contribution in [-0.2, 0) is 4.79 Å². The SMILES string of the molecule is CCOc1ccc(N2C(=O)C(O)=C(C(=O)c3cccs3)C2c2ccccc2)cc1OCC. The molecule has 2 heterocycles. The number of rotatable bonds is 8. The van der Waals surface area contributed by atoms with E-state index in [0.29, 0.717) is 35.3 Å². The third-order valence-electron chi connectivity index (χ3n) is 5.12. The van der Waals surface area contributed by atoms with Gasteiger partial charge in [0.15, 0.2) is 17.3 Å². The lowest BCUT2D eigenvalue weighted by atomic mass is 9.95. The molecule has 0 bridgehead atoms. The number of amides is 1. The molecular weight excluding hydrogens is 426 g/mol. The average Bonchev–Trinajstić information content (AvgIpc) is 3.43. The topological polar surface area (TPSA) is 76.1 Å². The van der Waals surface area contributed by atoms with Gasteiger partial charge in [0.05, 0.1) is 29.7 Å². The summed E-state index contributed by atoms with van der Waals surface area (Å²) in [4.78, 5) is 28.4. The zero-order chi connectivity index (χ0) is 22.7. The van der Waals surface area contributed by atoms with Crippen molar-refractivity contribution in [2.45, 2.75) is 19.9 Å². The third-order valence-corrected chi connectivity index (χ3v) is 5.99. The lowest BCUT2D eigenvalue weighted by Gasteiger charge is -2.27. The summed E-state index contributed by atoms with van der Waals surface area (Å²) < 4.78 is 11.4. The highest BCUT2D eigenvalue weighted by atomic mass is 32.1. The van der Waals surface area contributed by atoms with Gasteiger partial charge in [-0.2, -0.15) is 0 Å². The number of Topliss-reactive ketones (excluding diaryl/α,β-unsaturated/α-hetero) is 1. The number of ether oxygens (including phenoxy) is 2. The Hall–Kier alpha value is -3.58. The van der Waals surface area contributed by atoms with E-state index in [1.807, 2.05) is 44.2 Å². The average molecular weight is 450 g/mol. The molecule has 0 aliphatic carbocycles. The monoisotopic (exact) mass is 449 g/mol. The predicted molar refractivity (Wildman–Crippen MR) is 124 cm³/mol. The van der Waals surface area contributed by atoms with Crippen molar-refractivity contribution < 1.29 is 24.2 Å². The Morgan fingerprint density at radius 3 is 2.38 bits per heavy atom. The lowest BCUT2D eigenvalue weighted by molar-refractivity contribution is -0.117. The Balaban J connectivity index is 1.84. The van der Waals surface area contributed by atoms with E-state index >= 15 is 0 Å². The first-order valence-electron chi connectivity index (χ1n) is 10.4. The molecule has 0 fully saturated rings. The summed E-state index contributed by atoms with van der Waals surface area (Å²) in [5, 5.41) is 12.6. The van der Waals surface area contributed by atoms with Crippen molar-refractivity contribution in [3.8, 4) is 11.5 Å². The molecule has 7 heteroatoms. The number of ketones is 1. The molecule has 1 unspecified atom stereocenters. The molecule has 0 saturated heterocycles. The van der Waals surface area contributed by atoms with E-state index in [1.54, 1.807) is 35.7 Å². The van der Waals surface area contributed by atoms with Crippen LogP contribution in [0.5, 0.6) is 11.5 Å². The van der Waals surface area contributed by atoms with Gasteiger partial charge in [0.2, 0.25) is 5.78 Å². The van der Waals surface area contributed by atoms with Crippen LogP contribution in [0.1, 0.15) is 35.1 Å². The summed E-state index contributed by atoms with van der Waals surface area (Å²) in [5.74, 6) is -0.482. The van der Waals surface area contributed by atoms with Crippen LogP contribution in [0.15, 0.2) is 77.4 Å². The standard InChI is InChI=1S/C25H23NO5S/c1-3-30-18-13-12-17(15-19(18)31-4-2)26-22(16-9-6-5-7-10-16)21(24(28)25(26)29)23(27)20-11-8-14-32-20/h5-15,22,28H,3-4H2,1-2H3. The maximum Gasteiger partial charge on any atom is 0.294 e. The normalized spacial score (nSPS) is 15.9. The van der Waals surface area contributed by atoms with Crippen LogP contribution in [-0.4, -0.2) is 30.0 Å². The molecule has 4 rings (SSSR count). The molecule has 0 saturated carbocycles. The number of aliphatic hydroxyl groups is 1. The van der Waals surface area contributed by atoms with Gasteiger partial charge < -0.3 is 14.6 Å². The number of aliphatic hydroxyl groups excluding tert-OH is 1.